The summed E-state index contributed by atoms with van der Waals surface area (Å²) in [5, 5.41) is 3.99. The summed E-state index contributed by atoms with van der Waals surface area (Å²) in [6.07, 6.45) is 0. The Morgan fingerprint density at radius 1 is 1.27 bits per heavy atom. The number of hydrogen-bond acceptors (Lipinski definition) is 4. The van der Waals surface area contributed by atoms with Crippen molar-refractivity contribution in [2.24, 2.45) is 0 Å². The van der Waals surface area contributed by atoms with Crippen molar-refractivity contribution in [3.05, 3.63) is 53.0 Å². The molecule has 2 aromatic carbocycles. The number of thioether (sulfide) groups is 1. The highest BCUT2D eigenvalue weighted by molar-refractivity contribution is 7.99. The van der Waals surface area contributed by atoms with E-state index in [0.717, 1.165) is 31.6 Å². The van der Waals surface area contributed by atoms with Crippen LogP contribution < -0.4 is 5.32 Å². The summed E-state index contributed by atoms with van der Waals surface area (Å²) in [7, 11) is 0. The highest BCUT2D eigenvalue weighted by Crippen LogP contribution is 2.25. The molecule has 0 aliphatic heterocycles. The molecular formula is C17H16N2OS2. The van der Waals surface area contributed by atoms with Crippen molar-refractivity contribution in [2.45, 2.75) is 18.7 Å². The third kappa shape index (κ3) is 3.31. The van der Waals surface area contributed by atoms with Gasteiger partial charge in [0.25, 0.3) is 5.91 Å². The Hall–Kier alpha value is -1.85. The van der Waals surface area contributed by atoms with Gasteiger partial charge in [-0.1, -0.05) is 13.0 Å². The van der Waals surface area contributed by atoms with E-state index in [1.54, 1.807) is 23.1 Å². The first kappa shape index (κ1) is 15.1. The van der Waals surface area contributed by atoms with Crippen molar-refractivity contribution < 1.29 is 4.79 Å². The van der Waals surface area contributed by atoms with Crippen molar-refractivity contribution in [2.75, 3.05) is 11.1 Å². The Bertz CT molecular complexity index is 826. The van der Waals surface area contributed by atoms with Crippen LogP contribution in [0, 0.1) is 6.92 Å². The summed E-state index contributed by atoms with van der Waals surface area (Å²) in [6, 6.07) is 13.5. The Labute approximate surface area is 137 Å². The van der Waals surface area contributed by atoms with E-state index >= 15 is 0 Å². The molecule has 3 rings (SSSR count). The number of anilines is 1. The van der Waals surface area contributed by atoms with Crippen LogP contribution in [-0.4, -0.2) is 16.6 Å². The van der Waals surface area contributed by atoms with Crippen molar-refractivity contribution in [1.82, 2.24) is 4.98 Å². The third-order valence-electron chi connectivity index (χ3n) is 3.16. The molecule has 3 nitrogen and oxygen atoms in total. The number of aryl methyl sites for hydroxylation is 1. The lowest BCUT2D eigenvalue weighted by molar-refractivity contribution is 0.102. The second-order valence-corrected chi connectivity index (χ2v) is 7.40. The largest absolute Gasteiger partial charge is 0.322 e. The number of rotatable bonds is 4. The number of carbonyl (C=O) groups excluding carboxylic acids is 1. The molecule has 1 N–H and O–H groups in total. The zero-order valence-electron chi connectivity index (χ0n) is 12.4. The Balaban J connectivity index is 1.81. The van der Waals surface area contributed by atoms with Crippen LogP contribution in [0.5, 0.6) is 0 Å². The molecule has 1 amide bonds. The monoisotopic (exact) mass is 328 g/mol. The van der Waals surface area contributed by atoms with Crippen molar-refractivity contribution >= 4 is 44.9 Å². The van der Waals surface area contributed by atoms with Crippen LogP contribution in [0.15, 0.2) is 47.4 Å². The van der Waals surface area contributed by atoms with Gasteiger partial charge in [0.2, 0.25) is 0 Å². The summed E-state index contributed by atoms with van der Waals surface area (Å²) in [5.41, 5.74) is 2.45. The zero-order valence-corrected chi connectivity index (χ0v) is 14.1. The van der Waals surface area contributed by atoms with E-state index in [4.69, 9.17) is 0 Å². The number of nitrogens with zero attached hydrogens (tertiary/aromatic N) is 1. The number of aromatic nitrogens is 1. The normalized spacial score (nSPS) is 10.8. The highest BCUT2D eigenvalue weighted by Gasteiger charge is 2.08. The maximum absolute atomic E-state index is 12.4. The number of nitrogens with one attached hydrogen (secondary N) is 1. The number of amides is 1. The Morgan fingerprint density at radius 3 is 2.95 bits per heavy atom. The molecule has 0 bridgehead atoms. The van der Waals surface area contributed by atoms with Crippen LogP contribution in [0.25, 0.3) is 10.2 Å². The molecule has 0 unspecified atom stereocenters. The van der Waals surface area contributed by atoms with Gasteiger partial charge < -0.3 is 5.32 Å². The van der Waals surface area contributed by atoms with Crippen LogP contribution in [0.4, 0.5) is 5.69 Å². The van der Waals surface area contributed by atoms with Crippen molar-refractivity contribution in [3.8, 4) is 0 Å². The summed E-state index contributed by atoms with van der Waals surface area (Å²) >= 11 is 3.36. The quantitative estimate of drug-likeness (QED) is 0.688. The van der Waals surface area contributed by atoms with Crippen molar-refractivity contribution in [3.63, 3.8) is 0 Å². The van der Waals surface area contributed by atoms with E-state index in [9.17, 15) is 4.79 Å². The number of carbonyl (C=O) groups is 1. The molecule has 0 spiro atoms. The number of benzene rings is 2. The molecule has 112 valence electrons. The number of thiazole rings is 1. The first-order valence-electron chi connectivity index (χ1n) is 7.07. The fraction of sp³-hybridized carbons (Fsp3) is 0.176. The summed E-state index contributed by atoms with van der Waals surface area (Å²) < 4.78 is 1.09. The molecule has 0 aliphatic rings. The molecule has 1 heterocycles. The molecule has 0 radical (unpaired) electrons. The minimum absolute atomic E-state index is 0.0841. The van der Waals surface area contributed by atoms with Crippen LogP contribution >= 0.6 is 23.1 Å². The first-order valence-corrected chi connectivity index (χ1v) is 8.87. The Morgan fingerprint density at radius 2 is 2.14 bits per heavy atom. The predicted octanol–water partition coefficient (Wildman–Crippen LogP) is 4.97. The van der Waals surface area contributed by atoms with E-state index in [0.29, 0.717) is 5.56 Å². The average molecular weight is 328 g/mol. The molecule has 22 heavy (non-hydrogen) atoms. The average Bonchev–Trinajstić information content (AvgIpc) is 2.87. The van der Waals surface area contributed by atoms with Crippen LogP contribution in [0.1, 0.15) is 22.3 Å². The lowest BCUT2D eigenvalue weighted by atomic mass is 10.2. The smallest absolute Gasteiger partial charge is 0.255 e. The van der Waals surface area contributed by atoms with Gasteiger partial charge in [0.1, 0.15) is 0 Å². The van der Waals surface area contributed by atoms with E-state index in [1.807, 2.05) is 49.4 Å². The molecule has 3 aromatic rings. The van der Waals surface area contributed by atoms with Gasteiger partial charge in [0, 0.05) is 16.1 Å². The van der Waals surface area contributed by atoms with Gasteiger partial charge in [0.15, 0.2) is 0 Å². The number of fused-ring (bicyclic) bond motifs is 1. The SMILES string of the molecule is CCSc1cccc(C(=O)Nc2ccc3nc(C)sc3c2)c1. The van der Waals surface area contributed by atoms with Gasteiger partial charge in [-0.2, -0.15) is 0 Å². The predicted molar refractivity (Wildman–Crippen MR) is 95.2 cm³/mol. The standard InChI is InChI=1S/C17H16N2OS2/c1-3-21-14-6-4-5-12(9-14)17(20)19-13-7-8-15-16(10-13)22-11(2)18-15/h4-10H,3H2,1-2H3,(H,19,20). The molecule has 0 saturated carbocycles. The second kappa shape index (κ2) is 6.50. The molecule has 0 aliphatic carbocycles. The minimum atomic E-state index is -0.0841. The van der Waals surface area contributed by atoms with E-state index < -0.39 is 0 Å². The zero-order chi connectivity index (χ0) is 15.5. The van der Waals surface area contributed by atoms with Gasteiger partial charge in [-0.05, 0) is 49.1 Å². The van der Waals surface area contributed by atoms with Crippen LogP contribution in [0.3, 0.4) is 0 Å². The second-order valence-electron chi connectivity index (χ2n) is 4.83. The molecule has 0 saturated heterocycles. The highest BCUT2D eigenvalue weighted by atomic mass is 32.2. The van der Waals surface area contributed by atoms with Crippen LogP contribution in [-0.2, 0) is 0 Å². The van der Waals surface area contributed by atoms with Gasteiger partial charge in [0.05, 0.1) is 15.2 Å². The van der Waals surface area contributed by atoms with E-state index in [2.05, 4.69) is 17.2 Å². The summed E-state index contributed by atoms with van der Waals surface area (Å²) in [5.74, 6) is 0.908. The number of hydrogen-bond donors (Lipinski definition) is 1. The van der Waals surface area contributed by atoms with Gasteiger partial charge >= 0.3 is 0 Å². The molecule has 5 heteroatoms. The van der Waals surface area contributed by atoms with E-state index in [1.165, 1.54) is 0 Å². The third-order valence-corrected chi connectivity index (χ3v) is 4.97. The maximum Gasteiger partial charge on any atom is 0.255 e. The lowest BCUT2D eigenvalue weighted by Crippen LogP contribution is -2.11. The maximum atomic E-state index is 12.4. The van der Waals surface area contributed by atoms with E-state index in [-0.39, 0.29) is 5.91 Å². The Kier molecular flexibility index (Phi) is 4.45. The van der Waals surface area contributed by atoms with Gasteiger partial charge in [-0.15, -0.1) is 23.1 Å². The fourth-order valence-corrected chi connectivity index (χ4v) is 3.80. The fourth-order valence-electron chi connectivity index (χ4n) is 2.21. The summed E-state index contributed by atoms with van der Waals surface area (Å²) in [6.45, 7) is 4.09. The molecule has 0 fully saturated rings. The van der Waals surface area contributed by atoms with Gasteiger partial charge in [-0.3, -0.25) is 4.79 Å². The van der Waals surface area contributed by atoms with Crippen LogP contribution in [0.2, 0.25) is 0 Å². The lowest BCUT2D eigenvalue weighted by Gasteiger charge is -2.06. The molecule has 0 atom stereocenters. The molecular weight excluding hydrogens is 312 g/mol. The molecule has 1 aromatic heterocycles. The summed E-state index contributed by atoms with van der Waals surface area (Å²) in [4.78, 5) is 17.9. The van der Waals surface area contributed by atoms with Crippen molar-refractivity contribution in [1.29, 1.82) is 0 Å². The van der Waals surface area contributed by atoms with Gasteiger partial charge in [-0.25, -0.2) is 4.98 Å². The minimum Gasteiger partial charge on any atom is -0.322 e. The first-order chi connectivity index (χ1) is 10.7. The topological polar surface area (TPSA) is 42.0 Å².